The first-order valence-electron chi connectivity index (χ1n) is 16.3. The summed E-state index contributed by atoms with van der Waals surface area (Å²) in [6, 6.07) is 21.8. The van der Waals surface area contributed by atoms with Crippen LogP contribution in [0.25, 0.3) is 11.0 Å². The number of imidazole rings is 1. The van der Waals surface area contributed by atoms with E-state index in [1.54, 1.807) is 0 Å². The maximum atomic E-state index is 13.2. The van der Waals surface area contributed by atoms with Gasteiger partial charge in [-0.25, -0.2) is 15.0 Å². The van der Waals surface area contributed by atoms with Crippen molar-refractivity contribution in [2.24, 2.45) is 0 Å². The molecule has 0 spiro atoms. The van der Waals surface area contributed by atoms with Gasteiger partial charge in [0.2, 0.25) is 0 Å². The highest BCUT2D eigenvalue weighted by atomic mass is 16.1. The first kappa shape index (κ1) is 28.2. The van der Waals surface area contributed by atoms with Crippen molar-refractivity contribution in [2.45, 2.75) is 108 Å². The molecule has 43 heavy (non-hydrogen) atoms. The number of hydrogen-bond donors (Lipinski definition) is 1. The zero-order valence-corrected chi connectivity index (χ0v) is 25.8. The fraction of sp³-hybridized carbons (Fsp3) is 0.500. The summed E-state index contributed by atoms with van der Waals surface area (Å²) in [5, 5.41) is 3.33. The number of aromatic nitrogens is 4. The van der Waals surface area contributed by atoms with Crippen molar-refractivity contribution in [1.82, 2.24) is 29.7 Å². The number of benzene rings is 2. The van der Waals surface area contributed by atoms with Crippen molar-refractivity contribution in [3.63, 3.8) is 0 Å². The molecule has 2 aromatic carbocycles. The largest absolute Gasteiger partial charge is 0.349 e. The topological polar surface area (TPSA) is 75.9 Å². The number of amides is 1. The van der Waals surface area contributed by atoms with Gasteiger partial charge >= 0.3 is 0 Å². The molecule has 7 rings (SSSR count). The van der Waals surface area contributed by atoms with Gasteiger partial charge in [-0.05, 0) is 108 Å². The maximum Gasteiger partial charge on any atom is 0.255 e. The van der Waals surface area contributed by atoms with E-state index in [0.29, 0.717) is 23.7 Å². The first-order chi connectivity index (χ1) is 20.9. The Morgan fingerprint density at radius 3 is 2.21 bits per heavy atom. The third-order valence-electron chi connectivity index (χ3n) is 11.0. The summed E-state index contributed by atoms with van der Waals surface area (Å²) in [5.74, 6) is 1.12. The van der Waals surface area contributed by atoms with Crippen LogP contribution in [-0.2, 0) is 5.41 Å². The predicted molar refractivity (Wildman–Crippen MR) is 170 cm³/mol. The highest BCUT2D eigenvalue weighted by Crippen LogP contribution is 2.46. The molecule has 2 atom stereocenters. The summed E-state index contributed by atoms with van der Waals surface area (Å²) >= 11 is 0. The van der Waals surface area contributed by atoms with Gasteiger partial charge in [0.25, 0.3) is 5.91 Å². The number of para-hydroxylation sites is 2. The van der Waals surface area contributed by atoms with Crippen LogP contribution in [0.2, 0.25) is 0 Å². The zero-order chi connectivity index (χ0) is 29.6. The standard InChI is InChI=1S/C36H44N6O/c1-24-34(25(2)38-23-37-24)35(43)40-28-15-17-36(18-16-28,27-9-5-4-6-10-27)19-20-41-29-13-14-30(41)22-31(21-29)42-26(3)39-32-11-7-8-12-33(32)42/h4-12,23,28-31H,13-22H2,1-3H3,(H,40,43). The van der Waals surface area contributed by atoms with Gasteiger partial charge in [0.1, 0.15) is 12.2 Å². The van der Waals surface area contributed by atoms with Crippen LogP contribution >= 0.6 is 0 Å². The fourth-order valence-electron chi connectivity index (χ4n) is 8.76. The fourth-order valence-corrected chi connectivity index (χ4v) is 8.76. The lowest BCUT2D eigenvalue weighted by Gasteiger charge is -2.45. The molecule has 4 heterocycles. The molecular formula is C36H44N6O. The molecule has 0 radical (unpaired) electrons. The molecular weight excluding hydrogens is 532 g/mol. The van der Waals surface area contributed by atoms with Crippen molar-refractivity contribution < 1.29 is 4.79 Å². The van der Waals surface area contributed by atoms with Crippen molar-refractivity contribution in [3.8, 4) is 0 Å². The molecule has 224 valence electrons. The van der Waals surface area contributed by atoms with Crippen LogP contribution in [-0.4, -0.2) is 55.0 Å². The van der Waals surface area contributed by atoms with Gasteiger partial charge in [0.05, 0.1) is 28.0 Å². The second kappa shape index (κ2) is 11.5. The van der Waals surface area contributed by atoms with Crippen LogP contribution in [0.5, 0.6) is 0 Å². The molecule has 3 fully saturated rings. The van der Waals surface area contributed by atoms with Gasteiger partial charge in [0.15, 0.2) is 0 Å². The Morgan fingerprint density at radius 1 is 0.860 bits per heavy atom. The molecule has 2 aromatic heterocycles. The van der Waals surface area contributed by atoms with E-state index in [2.05, 4.69) is 86.3 Å². The highest BCUT2D eigenvalue weighted by Gasteiger charge is 2.44. The highest BCUT2D eigenvalue weighted by molar-refractivity contribution is 5.96. The van der Waals surface area contributed by atoms with Crippen LogP contribution < -0.4 is 5.32 Å². The molecule has 7 heteroatoms. The van der Waals surface area contributed by atoms with Gasteiger partial charge in [-0.15, -0.1) is 0 Å². The monoisotopic (exact) mass is 576 g/mol. The van der Waals surface area contributed by atoms with Gasteiger partial charge in [-0.1, -0.05) is 42.5 Å². The minimum Gasteiger partial charge on any atom is -0.349 e. The van der Waals surface area contributed by atoms with Crippen molar-refractivity contribution in [2.75, 3.05) is 6.54 Å². The number of nitrogens with zero attached hydrogens (tertiary/aromatic N) is 5. The van der Waals surface area contributed by atoms with Gasteiger partial charge < -0.3 is 9.88 Å². The maximum absolute atomic E-state index is 13.2. The lowest BCUT2D eigenvalue weighted by Crippen LogP contribution is -2.47. The minimum absolute atomic E-state index is 0.0341. The number of piperidine rings is 1. The van der Waals surface area contributed by atoms with E-state index >= 15 is 0 Å². The van der Waals surface area contributed by atoms with E-state index in [0.717, 1.165) is 55.0 Å². The summed E-state index contributed by atoms with van der Waals surface area (Å²) < 4.78 is 2.53. The van der Waals surface area contributed by atoms with E-state index in [1.165, 1.54) is 49.5 Å². The summed E-state index contributed by atoms with van der Waals surface area (Å²) in [4.78, 5) is 29.5. The lowest BCUT2D eigenvalue weighted by atomic mass is 9.66. The number of fused-ring (bicyclic) bond motifs is 3. The predicted octanol–water partition coefficient (Wildman–Crippen LogP) is 6.62. The number of carbonyl (C=O) groups is 1. The molecule has 1 aliphatic carbocycles. The zero-order valence-electron chi connectivity index (χ0n) is 25.8. The number of aryl methyl sites for hydroxylation is 3. The van der Waals surface area contributed by atoms with Gasteiger partial charge in [-0.2, -0.15) is 0 Å². The lowest BCUT2D eigenvalue weighted by molar-refractivity contribution is 0.0850. The molecule has 3 aliphatic rings. The van der Waals surface area contributed by atoms with Crippen LogP contribution in [0.15, 0.2) is 60.9 Å². The van der Waals surface area contributed by atoms with E-state index in [9.17, 15) is 4.79 Å². The Balaban J connectivity index is 1.04. The third-order valence-corrected chi connectivity index (χ3v) is 11.0. The number of rotatable bonds is 7. The Hall–Kier alpha value is -3.58. The van der Waals surface area contributed by atoms with Crippen LogP contribution in [0, 0.1) is 20.8 Å². The molecule has 2 bridgehead atoms. The summed E-state index contributed by atoms with van der Waals surface area (Å²) in [7, 11) is 0. The van der Waals surface area contributed by atoms with E-state index in [4.69, 9.17) is 4.98 Å². The molecule has 2 saturated heterocycles. The number of carbonyl (C=O) groups excluding carboxylic acids is 1. The SMILES string of the molecule is Cc1ncnc(C)c1C(=O)NC1CCC(CCN2C3CCC2CC(n2c(C)nc4ccccc42)C3)(c2ccccc2)CC1. The minimum atomic E-state index is -0.0341. The Kier molecular flexibility index (Phi) is 7.54. The van der Waals surface area contributed by atoms with Gasteiger partial charge in [-0.3, -0.25) is 9.69 Å². The molecule has 2 aliphatic heterocycles. The molecule has 1 N–H and O–H groups in total. The van der Waals surface area contributed by atoms with Crippen molar-refractivity contribution in [1.29, 1.82) is 0 Å². The van der Waals surface area contributed by atoms with Crippen molar-refractivity contribution in [3.05, 3.63) is 89.3 Å². The normalized spacial score (nSPS) is 27.4. The van der Waals surface area contributed by atoms with E-state index in [1.807, 2.05) is 13.8 Å². The quantitative estimate of drug-likeness (QED) is 0.268. The third kappa shape index (κ3) is 5.26. The number of nitrogens with one attached hydrogen (secondary N) is 1. The second-order valence-corrected chi connectivity index (χ2v) is 13.3. The summed E-state index contributed by atoms with van der Waals surface area (Å²) in [6.07, 6.45) is 11.9. The molecule has 4 aromatic rings. The van der Waals surface area contributed by atoms with E-state index < -0.39 is 0 Å². The number of hydrogen-bond acceptors (Lipinski definition) is 5. The van der Waals surface area contributed by atoms with Crippen molar-refractivity contribution >= 4 is 16.9 Å². The first-order valence-corrected chi connectivity index (χ1v) is 16.3. The summed E-state index contributed by atoms with van der Waals surface area (Å²) in [5.41, 5.74) is 6.13. The van der Waals surface area contributed by atoms with Crippen LogP contribution in [0.1, 0.15) is 97.0 Å². The van der Waals surface area contributed by atoms with E-state index in [-0.39, 0.29) is 17.4 Å². The Bertz CT molecular complexity index is 1570. The van der Waals surface area contributed by atoms with Crippen LogP contribution in [0.3, 0.4) is 0 Å². The average molecular weight is 577 g/mol. The summed E-state index contributed by atoms with van der Waals surface area (Å²) in [6.45, 7) is 7.10. The average Bonchev–Trinajstić information content (AvgIpc) is 3.47. The smallest absolute Gasteiger partial charge is 0.255 e. The van der Waals surface area contributed by atoms with Gasteiger partial charge in [0, 0.05) is 24.2 Å². The molecule has 7 nitrogen and oxygen atoms in total. The Labute approximate surface area is 255 Å². The van der Waals surface area contributed by atoms with Crippen LogP contribution in [0.4, 0.5) is 0 Å². The molecule has 1 saturated carbocycles. The second-order valence-electron chi connectivity index (χ2n) is 13.3. The molecule has 1 amide bonds. The Morgan fingerprint density at radius 2 is 1.51 bits per heavy atom. The molecule has 2 unspecified atom stereocenters.